The first-order chi connectivity index (χ1) is 6.32. The van der Waals surface area contributed by atoms with Crippen molar-refractivity contribution in [2.45, 2.75) is 6.18 Å². The predicted molar refractivity (Wildman–Crippen MR) is 39.0 cm³/mol. The number of halogens is 4. The average Bonchev–Trinajstić information content (AvgIpc) is 2.01. The lowest BCUT2D eigenvalue weighted by atomic mass is 9.79. The molecule has 0 unspecified atom stereocenters. The maximum absolute atomic E-state index is 12.4. The van der Waals surface area contributed by atoms with E-state index in [1.807, 2.05) is 0 Å². The van der Waals surface area contributed by atoms with E-state index in [4.69, 9.17) is 10.0 Å². The molecule has 3 nitrogen and oxygen atoms in total. The molecule has 0 aliphatic rings. The van der Waals surface area contributed by atoms with E-state index in [1.54, 1.807) is 0 Å². The van der Waals surface area contributed by atoms with Gasteiger partial charge in [-0.05, 0) is 6.07 Å². The molecule has 8 heteroatoms. The highest BCUT2D eigenvalue weighted by atomic mass is 19.4. The minimum Gasteiger partial charge on any atom is -0.423 e. The van der Waals surface area contributed by atoms with E-state index in [9.17, 15) is 17.6 Å². The zero-order valence-electron chi connectivity index (χ0n) is 6.59. The standard InChI is InChI=1S/C6H4BF4NO2/c8-4-2-1-3(7(13)14)5(12-4)6(9,10)11/h1-2,13-14H. The number of pyridine rings is 1. The maximum atomic E-state index is 12.4. The van der Waals surface area contributed by atoms with Gasteiger partial charge < -0.3 is 10.0 Å². The summed E-state index contributed by atoms with van der Waals surface area (Å²) in [6.45, 7) is 0. The summed E-state index contributed by atoms with van der Waals surface area (Å²) in [4.78, 5) is 2.55. The molecule has 76 valence electrons. The number of hydrogen-bond donors (Lipinski definition) is 2. The molecular weight excluding hydrogens is 205 g/mol. The summed E-state index contributed by atoms with van der Waals surface area (Å²) in [5.74, 6) is -1.33. The van der Waals surface area contributed by atoms with Crippen LogP contribution in [0.25, 0.3) is 0 Å². The van der Waals surface area contributed by atoms with Crippen molar-refractivity contribution in [3.05, 3.63) is 23.8 Å². The first-order valence-electron chi connectivity index (χ1n) is 3.42. The highest BCUT2D eigenvalue weighted by molar-refractivity contribution is 6.59. The Kier molecular flexibility index (Phi) is 2.77. The number of alkyl halides is 3. The minimum atomic E-state index is -4.92. The van der Waals surface area contributed by atoms with Crippen LogP contribution in [0.3, 0.4) is 0 Å². The SMILES string of the molecule is OB(O)c1ccc(F)nc1C(F)(F)F. The Labute approximate surface area is 76.2 Å². The molecule has 0 spiro atoms. The molecule has 0 aliphatic carbocycles. The lowest BCUT2D eigenvalue weighted by molar-refractivity contribution is -0.140. The molecule has 0 aliphatic heterocycles. The number of nitrogens with zero attached hydrogens (tertiary/aromatic N) is 1. The highest BCUT2D eigenvalue weighted by Gasteiger charge is 2.38. The molecule has 1 rings (SSSR count). The van der Waals surface area contributed by atoms with E-state index in [-0.39, 0.29) is 0 Å². The van der Waals surface area contributed by atoms with Crippen LogP contribution in [-0.4, -0.2) is 22.2 Å². The van der Waals surface area contributed by atoms with Crippen molar-refractivity contribution < 1.29 is 27.6 Å². The van der Waals surface area contributed by atoms with Crippen LogP contribution in [0.2, 0.25) is 0 Å². The van der Waals surface area contributed by atoms with E-state index >= 15 is 0 Å². The van der Waals surface area contributed by atoms with Crippen molar-refractivity contribution >= 4 is 12.6 Å². The van der Waals surface area contributed by atoms with Crippen molar-refractivity contribution in [2.75, 3.05) is 0 Å². The first-order valence-corrected chi connectivity index (χ1v) is 3.42. The molecular formula is C6H4BF4NO2. The van der Waals surface area contributed by atoms with Gasteiger partial charge in [0.2, 0.25) is 5.95 Å². The van der Waals surface area contributed by atoms with E-state index < -0.39 is 30.4 Å². The molecule has 0 amide bonds. The van der Waals surface area contributed by atoms with E-state index in [0.717, 1.165) is 0 Å². The Morgan fingerprint density at radius 2 is 1.79 bits per heavy atom. The van der Waals surface area contributed by atoms with Crippen molar-refractivity contribution in [1.29, 1.82) is 0 Å². The molecule has 2 N–H and O–H groups in total. The van der Waals surface area contributed by atoms with Gasteiger partial charge in [0.15, 0.2) is 0 Å². The fourth-order valence-corrected chi connectivity index (χ4v) is 0.882. The zero-order valence-corrected chi connectivity index (χ0v) is 6.59. The van der Waals surface area contributed by atoms with Crippen LogP contribution in [0.1, 0.15) is 5.69 Å². The van der Waals surface area contributed by atoms with Crippen LogP contribution in [0.5, 0.6) is 0 Å². The van der Waals surface area contributed by atoms with Gasteiger partial charge in [-0.25, -0.2) is 4.98 Å². The topological polar surface area (TPSA) is 53.4 Å². The van der Waals surface area contributed by atoms with E-state index in [1.165, 1.54) is 0 Å². The third kappa shape index (κ3) is 2.21. The Hall–Kier alpha value is -1.15. The van der Waals surface area contributed by atoms with Gasteiger partial charge in [-0.15, -0.1) is 0 Å². The molecule has 0 aromatic carbocycles. The summed E-state index contributed by atoms with van der Waals surface area (Å²) in [5.41, 5.74) is -2.51. The van der Waals surface area contributed by atoms with Crippen LogP contribution in [0, 0.1) is 5.95 Å². The van der Waals surface area contributed by atoms with E-state index in [2.05, 4.69) is 4.98 Å². The lowest BCUT2D eigenvalue weighted by Crippen LogP contribution is -2.37. The van der Waals surface area contributed by atoms with E-state index in [0.29, 0.717) is 12.1 Å². The minimum absolute atomic E-state index is 0.615. The third-order valence-corrected chi connectivity index (χ3v) is 1.44. The van der Waals surface area contributed by atoms with Gasteiger partial charge >= 0.3 is 13.3 Å². The summed E-state index contributed by atoms with van der Waals surface area (Å²) in [6.07, 6.45) is -4.92. The van der Waals surface area contributed by atoms with Crippen LogP contribution in [-0.2, 0) is 6.18 Å². The lowest BCUT2D eigenvalue weighted by Gasteiger charge is -2.10. The van der Waals surface area contributed by atoms with Crippen LogP contribution in [0.4, 0.5) is 17.6 Å². The smallest absolute Gasteiger partial charge is 0.423 e. The van der Waals surface area contributed by atoms with Crippen LogP contribution >= 0.6 is 0 Å². The van der Waals surface area contributed by atoms with Gasteiger partial charge in [0.25, 0.3) is 0 Å². The monoisotopic (exact) mass is 209 g/mol. The van der Waals surface area contributed by atoms with Crippen molar-refractivity contribution in [1.82, 2.24) is 4.98 Å². The van der Waals surface area contributed by atoms with Gasteiger partial charge in [-0.3, -0.25) is 0 Å². The molecule has 0 saturated carbocycles. The second kappa shape index (κ2) is 3.54. The number of hydrogen-bond acceptors (Lipinski definition) is 3. The molecule has 1 aromatic heterocycles. The van der Waals surface area contributed by atoms with Gasteiger partial charge in [0.1, 0.15) is 5.69 Å². The highest BCUT2D eigenvalue weighted by Crippen LogP contribution is 2.26. The fraction of sp³-hybridized carbons (Fsp3) is 0.167. The summed E-state index contributed by atoms with van der Waals surface area (Å²) >= 11 is 0. The summed E-state index contributed by atoms with van der Waals surface area (Å²) in [5, 5.41) is 17.1. The first kappa shape index (κ1) is 10.9. The Morgan fingerprint density at radius 1 is 1.21 bits per heavy atom. The molecule has 0 atom stereocenters. The zero-order chi connectivity index (χ0) is 10.9. The molecule has 0 fully saturated rings. The van der Waals surface area contributed by atoms with Gasteiger partial charge in [-0.1, -0.05) is 6.07 Å². The third-order valence-electron chi connectivity index (χ3n) is 1.44. The number of aromatic nitrogens is 1. The Balaban J connectivity index is 3.30. The Bertz CT molecular complexity index is 341. The predicted octanol–water partition coefficient (Wildman–Crippen LogP) is -0.0807. The van der Waals surface area contributed by atoms with Crippen molar-refractivity contribution in [2.24, 2.45) is 0 Å². The second-order valence-corrected chi connectivity index (χ2v) is 2.44. The fourth-order valence-electron chi connectivity index (χ4n) is 0.882. The molecule has 1 heterocycles. The second-order valence-electron chi connectivity index (χ2n) is 2.44. The van der Waals surface area contributed by atoms with Crippen molar-refractivity contribution in [3.8, 4) is 0 Å². The molecule has 14 heavy (non-hydrogen) atoms. The average molecular weight is 209 g/mol. The number of rotatable bonds is 1. The summed E-state index contributed by atoms with van der Waals surface area (Å²) < 4.78 is 48.8. The van der Waals surface area contributed by atoms with Crippen LogP contribution < -0.4 is 5.46 Å². The summed E-state index contributed by atoms with van der Waals surface area (Å²) in [6, 6.07) is 1.24. The molecule has 0 radical (unpaired) electrons. The molecule has 0 saturated heterocycles. The van der Waals surface area contributed by atoms with Gasteiger partial charge in [-0.2, -0.15) is 17.6 Å². The van der Waals surface area contributed by atoms with Gasteiger partial charge in [0.05, 0.1) is 0 Å². The van der Waals surface area contributed by atoms with Crippen molar-refractivity contribution in [3.63, 3.8) is 0 Å². The quantitative estimate of drug-likeness (QED) is 0.386. The van der Waals surface area contributed by atoms with Gasteiger partial charge in [0, 0.05) is 5.46 Å². The Morgan fingerprint density at radius 3 is 2.21 bits per heavy atom. The summed E-state index contributed by atoms with van der Waals surface area (Å²) in [7, 11) is -2.33. The molecule has 0 bridgehead atoms. The normalized spacial score (nSPS) is 11.6. The maximum Gasteiger partial charge on any atom is 0.490 e. The molecule has 1 aromatic rings. The largest absolute Gasteiger partial charge is 0.490 e. The van der Waals surface area contributed by atoms with Crippen LogP contribution in [0.15, 0.2) is 12.1 Å².